The molecule has 1 fully saturated rings. The molecule has 21 heavy (non-hydrogen) atoms. The van der Waals surface area contributed by atoms with Crippen molar-refractivity contribution in [1.82, 2.24) is 15.1 Å². The first kappa shape index (κ1) is 14.0. The minimum Gasteiger partial charge on any atom is -0.368 e. The highest BCUT2D eigenvalue weighted by atomic mass is 19.2. The summed E-state index contributed by atoms with van der Waals surface area (Å²) >= 11 is 0. The highest BCUT2D eigenvalue weighted by Gasteiger charge is 2.19. The Bertz CT molecular complexity index is 585. The molecule has 0 aliphatic carbocycles. The summed E-state index contributed by atoms with van der Waals surface area (Å²) in [4.78, 5) is 4.22. The van der Waals surface area contributed by atoms with Gasteiger partial charge in [-0.05, 0) is 24.6 Å². The molecule has 112 valence electrons. The van der Waals surface area contributed by atoms with E-state index in [1.54, 1.807) is 18.3 Å². The topological polar surface area (TPSA) is 35.2 Å². The van der Waals surface area contributed by atoms with Gasteiger partial charge in [-0.2, -0.15) is 5.10 Å². The molecule has 1 aliphatic rings. The van der Waals surface area contributed by atoms with E-state index in [1.165, 1.54) is 0 Å². The summed E-state index contributed by atoms with van der Waals surface area (Å²) in [5.41, 5.74) is 1.43. The first-order valence-electron chi connectivity index (χ1n) is 7.13. The molecule has 0 radical (unpaired) electrons. The molecule has 0 spiro atoms. The summed E-state index contributed by atoms with van der Waals surface area (Å²) < 4.78 is 27.2. The quantitative estimate of drug-likeness (QED) is 0.943. The van der Waals surface area contributed by atoms with Crippen molar-refractivity contribution in [3.05, 3.63) is 47.8 Å². The molecule has 2 aromatic rings. The zero-order valence-electron chi connectivity index (χ0n) is 11.7. The Hall–Kier alpha value is -1.95. The van der Waals surface area contributed by atoms with Crippen molar-refractivity contribution >= 4 is 5.69 Å². The molecule has 0 unspecified atom stereocenters. The number of H-pyrrole nitrogens is 1. The van der Waals surface area contributed by atoms with E-state index in [9.17, 15) is 8.78 Å². The summed E-state index contributed by atoms with van der Waals surface area (Å²) in [6, 6.07) is 6.31. The molecular formula is C15H18F2N4. The second-order valence-corrected chi connectivity index (χ2v) is 5.27. The SMILES string of the molecule is Fc1cccc(N2CCCN(Cc3ccn[nH]3)CC2)c1F. The molecule has 1 N–H and O–H groups in total. The van der Waals surface area contributed by atoms with Crippen molar-refractivity contribution < 1.29 is 8.78 Å². The fourth-order valence-electron chi connectivity index (χ4n) is 2.72. The summed E-state index contributed by atoms with van der Waals surface area (Å²) in [6.07, 6.45) is 2.66. The zero-order valence-corrected chi connectivity index (χ0v) is 11.7. The second-order valence-electron chi connectivity index (χ2n) is 5.27. The van der Waals surface area contributed by atoms with Crippen molar-refractivity contribution in [3.63, 3.8) is 0 Å². The van der Waals surface area contributed by atoms with Gasteiger partial charge in [0.05, 0.1) is 5.69 Å². The number of halogens is 2. The normalized spacial score (nSPS) is 17.0. The van der Waals surface area contributed by atoms with Crippen LogP contribution < -0.4 is 4.90 Å². The van der Waals surface area contributed by atoms with Crippen LogP contribution in [0.25, 0.3) is 0 Å². The summed E-state index contributed by atoms with van der Waals surface area (Å²) in [5.74, 6) is -1.54. The fourth-order valence-corrected chi connectivity index (χ4v) is 2.72. The lowest BCUT2D eigenvalue weighted by Gasteiger charge is -2.24. The van der Waals surface area contributed by atoms with Gasteiger partial charge in [0.15, 0.2) is 11.6 Å². The average Bonchev–Trinajstić information content (AvgIpc) is 2.88. The number of hydrogen-bond acceptors (Lipinski definition) is 3. The van der Waals surface area contributed by atoms with Crippen LogP contribution in [0, 0.1) is 11.6 Å². The Kier molecular flexibility index (Phi) is 4.15. The fraction of sp³-hybridized carbons (Fsp3) is 0.400. The van der Waals surface area contributed by atoms with Crippen LogP contribution in [0.5, 0.6) is 0 Å². The van der Waals surface area contributed by atoms with E-state index < -0.39 is 11.6 Å². The molecule has 0 saturated carbocycles. The Labute approximate surface area is 122 Å². The molecule has 3 rings (SSSR count). The maximum atomic E-state index is 13.9. The van der Waals surface area contributed by atoms with Crippen LogP contribution in [-0.2, 0) is 6.54 Å². The number of hydrogen-bond donors (Lipinski definition) is 1. The van der Waals surface area contributed by atoms with Gasteiger partial charge in [-0.3, -0.25) is 10.00 Å². The Morgan fingerprint density at radius 2 is 2.00 bits per heavy atom. The molecule has 1 aromatic carbocycles. The number of aromatic amines is 1. The maximum Gasteiger partial charge on any atom is 0.182 e. The minimum absolute atomic E-state index is 0.360. The lowest BCUT2D eigenvalue weighted by Crippen LogP contribution is -2.31. The van der Waals surface area contributed by atoms with E-state index in [0.717, 1.165) is 44.4 Å². The van der Waals surface area contributed by atoms with Gasteiger partial charge in [-0.1, -0.05) is 6.07 Å². The molecule has 0 bridgehead atoms. The predicted molar refractivity (Wildman–Crippen MR) is 77.1 cm³/mol. The molecule has 4 nitrogen and oxygen atoms in total. The van der Waals surface area contributed by atoms with Gasteiger partial charge >= 0.3 is 0 Å². The van der Waals surface area contributed by atoms with E-state index in [2.05, 4.69) is 15.1 Å². The monoisotopic (exact) mass is 292 g/mol. The standard InChI is InChI=1S/C15H18F2N4/c16-13-3-1-4-14(15(13)17)21-8-2-7-20(9-10-21)11-12-5-6-18-19-12/h1,3-6H,2,7-11H2,(H,18,19). The van der Waals surface area contributed by atoms with Gasteiger partial charge in [-0.15, -0.1) is 0 Å². The van der Waals surface area contributed by atoms with E-state index in [0.29, 0.717) is 12.2 Å². The number of nitrogens with zero attached hydrogens (tertiary/aromatic N) is 3. The van der Waals surface area contributed by atoms with Gasteiger partial charge in [0.25, 0.3) is 0 Å². The van der Waals surface area contributed by atoms with Crippen molar-refractivity contribution in [3.8, 4) is 0 Å². The number of anilines is 1. The highest BCUT2D eigenvalue weighted by Crippen LogP contribution is 2.22. The van der Waals surface area contributed by atoms with Crippen LogP contribution >= 0.6 is 0 Å². The first-order chi connectivity index (χ1) is 10.2. The van der Waals surface area contributed by atoms with Crippen LogP contribution in [0.3, 0.4) is 0 Å². The van der Waals surface area contributed by atoms with E-state index in [-0.39, 0.29) is 0 Å². The van der Waals surface area contributed by atoms with Crippen molar-refractivity contribution in [1.29, 1.82) is 0 Å². The Morgan fingerprint density at radius 1 is 1.10 bits per heavy atom. The summed E-state index contributed by atoms with van der Waals surface area (Å²) in [5, 5.41) is 6.89. The molecule has 2 heterocycles. The smallest absolute Gasteiger partial charge is 0.182 e. The number of aromatic nitrogens is 2. The van der Waals surface area contributed by atoms with Gasteiger partial charge < -0.3 is 4.90 Å². The third-order valence-corrected chi connectivity index (χ3v) is 3.81. The lowest BCUT2D eigenvalue weighted by atomic mass is 10.2. The van der Waals surface area contributed by atoms with E-state index in [1.807, 2.05) is 11.0 Å². The zero-order chi connectivity index (χ0) is 14.7. The second kappa shape index (κ2) is 6.22. The van der Waals surface area contributed by atoms with Crippen LogP contribution in [0.4, 0.5) is 14.5 Å². The molecule has 0 amide bonds. The van der Waals surface area contributed by atoms with Gasteiger partial charge in [0, 0.05) is 44.6 Å². The van der Waals surface area contributed by atoms with Crippen LogP contribution in [-0.4, -0.2) is 41.3 Å². The van der Waals surface area contributed by atoms with E-state index in [4.69, 9.17) is 0 Å². The van der Waals surface area contributed by atoms with Crippen LogP contribution in [0.2, 0.25) is 0 Å². The first-order valence-corrected chi connectivity index (χ1v) is 7.13. The summed E-state index contributed by atoms with van der Waals surface area (Å²) in [6.45, 7) is 3.98. The number of nitrogens with one attached hydrogen (secondary N) is 1. The number of benzene rings is 1. The predicted octanol–water partition coefficient (Wildman–Crippen LogP) is 2.40. The molecule has 0 atom stereocenters. The maximum absolute atomic E-state index is 13.9. The molecule has 1 aromatic heterocycles. The van der Waals surface area contributed by atoms with Gasteiger partial charge in [-0.25, -0.2) is 8.78 Å². The molecular weight excluding hydrogens is 274 g/mol. The Morgan fingerprint density at radius 3 is 2.81 bits per heavy atom. The third-order valence-electron chi connectivity index (χ3n) is 3.81. The van der Waals surface area contributed by atoms with Crippen LogP contribution in [0.15, 0.2) is 30.5 Å². The molecule has 6 heteroatoms. The third kappa shape index (κ3) is 3.21. The van der Waals surface area contributed by atoms with Crippen molar-refractivity contribution in [2.45, 2.75) is 13.0 Å². The lowest BCUT2D eigenvalue weighted by molar-refractivity contribution is 0.282. The van der Waals surface area contributed by atoms with E-state index >= 15 is 0 Å². The van der Waals surface area contributed by atoms with Gasteiger partial charge in [0.2, 0.25) is 0 Å². The molecule has 1 saturated heterocycles. The van der Waals surface area contributed by atoms with Crippen LogP contribution in [0.1, 0.15) is 12.1 Å². The Balaban J connectivity index is 1.66. The highest BCUT2D eigenvalue weighted by molar-refractivity contribution is 5.48. The average molecular weight is 292 g/mol. The summed E-state index contributed by atoms with van der Waals surface area (Å²) in [7, 11) is 0. The number of rotatable bonds is 3. The van der Waals surface area contributed by atoms with Crippen molar-refractivity contribution in [2.75, 3.05) is 31.1 Å². The van der Waals surface area contributed by atoms with Gasteiger partial charge in [0.1, 0.15) is 0 Å². The largest absolute Gasteiger partial charge is 0.368 e. The van der Waals surface area contributed by atoms with Crippen molar-refractivity contribution in [2.24, 2.45) is 0 Å². The minimum atomic E-state index is -0.786. The molecule has 1 aliphatic heterocycles.